The van der Waals surface area contributed by atoms with E-state index in [0.29, 0.717) is 0 Å². The van der Waals surface area contributed by atoms with Crippen molar-refractivity contribution in [1.82, 2.24) is 0 Å². The van der Waals surface area contributed by atoms with E-state index in [1.165, 1.54) is 0 Å². The molecule has 0 aromatic carbocycles. The van der Waals surface area contributed by atoms with E-state index in [1.54, 1.807) is 0 Å². The van der Waals surface area contributed by atoms with Crippen LogP contribution in [0.15, 0.2) is 0 Å². The molecule has 16 heteroatoms. The Balaban J connectivity index is 4.49. The first-order valence-corrected chi connectivity index (χ1v) is 9.18. The van der Waals surface area contributed by atoms with Crippen molar-refractivity contribution in [2.75, 3.05) is 52.9 Å². The predicted octanol–water partition coefficient (Wildman–Crippen LogP) is 1.96. The van der Waals surface area contributed by atoms with Gasteiger partial charge in [-0.15, -0.1) is 0 Å². The van der Waals surface area contributed by atoms with E-state index >= 15 is 0 Å². The third kappa shape index (κ3) is 16.7. The lowest BCUT2D eigenvalue weighted by molar-refractivity contribution is -0.432. The maximum absolute atomic E-state index is 13.5. The summed E-state index contributed by atoms with van der Waals surface area (Å²) in [7, 11) is 0. The van der Waals surface area contributed by atoms with E-state index in [-0.39, 0.29) is 26.4 Å². The lowest BCUT2D eigenvalue weighted by atomic mass is 10.3. The van der Waals surface area contributed by atoms with Gasteiger partial charge in [0.05, 0.1) is 65.7 Å². The maximum atomic E-state index is 13.5. The van der Waals surface area contributed by atoms with Crippen molar-refractivity contribution in [3.05, 3.63) is 0 Å². The molecule has 0 aromatic rings. The first-order valence-electron chi connectivity index (χ1n) is 9.18. The molecule has 194 valence electrons. The van der Waals surface area contributed by atoms with Crippen LogP contribution in [0.5, 0.6) is 0 Å². The normalized spacial score (nSPS) is 14.7. The van der Waals surface area contributed by atoms with Crippen molar-refractivity contribution >= 4 is 0 Å². The third-order valence-electron chi connectivity index (χ3n) is 3.18. The van der Waals surface area contributed by atoms with Crippen LogP contribution < -0.4 is 0 Å². The van der Waals surface area contributed by atoms with Crippen molar-refractivity contribution in [3.63, 3.8) is 0 Å². The van der Waals surface area contributed by atoms with Crippen LogP contribution in [0.1, 0.15) is 19.3 Å². The van der Waals surface area contributed by atoms with Gasteiger partial charge in [0.1, 0.15) is 12.5 Å². The van der Waals surface area contributed by atoms with Gasteiger partial charge >= 0.3 is 24.4 Å². The van der Waals surface area contributed by atoms with Crippen molar-refractivity contribution in [3.8, 4) is 0 Å². The Morgan fingerprint density at radius 2 is 0.938 bits per heavy atom. The predicted molar refractivity (Wildman–Crippen MR) is 88.4 cm³/mol. The van der Waals surface area contributed by atoms with Crippen LogP contribution in [0.25, 0.3) is 0 Å². The summed E-state index contributed by atoms with van der Waals surface area (Å²) in [4.78, 5) is 0. The largest absolute Gasteiger partial charge is 0.394 e. The molecule has 0 heterocycles. The summed E-state index contributed by atoms with van der Waals surface area (Å²) in [5.74, 6) is 0. The summed E-state index contributed by atoms with van der Waals surface area (Å²) >= 11 is 0. The van der Waals surface area contributed by atoms with Gasteiger partial charge in [-0.3, -0.25) is 9.47 Å². The average molecular weight is 498 g/mol. The minimum Gasteiger partial charge on any atom is -0.394 e. The second kappa shape index (κ2) is 14.4. The summed E-state index contributed by atoms with van der Waals surface area (Å²) < 4.78 is 127. The number of aliphatic hydroxyl groups excluding tert-OH is 3. The zero-order valence-corrected chi connectivity index (χ0v) is 16.8. The van der Waals surface area contributed by atoms with E-state index in [0.717, 1.165) is 0 Å². The molecule has 0 aliphatic heterocycles. The molecule has 1 atom stereocenters. The summed E-state index contributed by atoms with van der Waals surface area (Å²) in [5.41, 5.74) is 0. The molecule has 8 nitrogen and oxygen atoms in total. The fourth-order valence-electron chi connectivity index (χ4n) is 1.95. The van der Waals surface area contributed by atoms with E-state index < -0.39 is 76.2 Å². The van der Waals surface area contributed by atoms with Crippen LogP contribution in [-0.4, -0.2) is 98.7 Å². The third-order valence-corrected chi connectivity index (χ3v) is 3.18. The van der Waals surface area contributed by atoms with Gasteiger partial charge in [-0.1, -0.05) is 0 Å². The molecule has 0 rings (SSSR count). The van der Waals surface area contributed by atoms with E-state index in [9.17, 15) is 40.2 Å². The van der Waals surface area contributed by atoms with Crippen LogP contribution in [0.4, 0.5) is 35.1 Å². The smallest absolute Gasteiger partial charge is 0.368 e. The van der Waals surface area contributed by atoms with E-state index in [2.05, 4.69) is 18.9 Å². The Labute approximate surface area is 177 Å². The minimum atomic E-state index is -5.26. The van der Waals surface area contributed by atoms with Crippen LogP contribution in [0.3, 0.4) is 0 Å². The standard InChI is InChI=1S/C16H26F8O8/c17-13(18,1-5-28-7-3-25)31-15(21,22)11-16(23,24)32-14(19,20)2-6-29-9-12(27)10-30-8-4-26/h12,25-27H,1-11H2. The highest BCUT2D eigenvalue weighted by Crippen LogP contribution is 2.40. The summed E-state index contributed by atoms with van der Waals surface area (Å²) in [6, 6.07) is 0. The van der Waals surface area contributed by atoms with Gasteiger partial charge in [0.25, 0.3) is 0 Å². The van der Waals surface area contributed by atoms with Crippen molar-refractivity contribution in [2.45, 2.75) is 49.8 Å². The molecule has 0 spiro atoms. The van der Waals surface area contributed by atoms with Gasteiger partial charge in [0.15, 0.2) is 0 Å². The van der Waals surface area contributed by atoms with Crippen molar-refractivity contribution in [2.24, 2.45) is 0 Å². The molecular formula is C16H26F8O8. The van der Waals surface area contributed by atoms with Gasteiger partial charge in [-0.25, -0.2) is 0 Å². The first-order chi connectivity index (χ1) is 14.6. The Morgan fingerprint density at radius 3 is 1.38 bits per heavy atom. The quantitative estimate of drug-likeness (QED) is 0.173. The van der Waals surface area contributed by atoms with Crippen molar-refractivity contribution < 1.29 is 74.1 Å². The van der Waals surface area contributed by atoms with Gasteiger partial charge in [0.2, 0.25) is 0 Å². The number of aliphatic hydroxyl groups is 3. The van der Waals surface area contributed by atoms with Crippen LogP contribution in [-0.2, 0) is 23.7 Å². The number of alkyl halides is 8. The molecule has 0 aromatic heterocycles. The number of ether oxygens (including phenoxy) is 5. The molecule has 0 radical (unpaired) electrons. The SMILES string of the molecule is OCCOCCC(F)(F)OC(F)(F)CC(F)(F)OC(F)(F)CCOCC(O)COCCO. The Hall–Kier alpha value is -0.880. The molecule has 0 aliphatic carbocycles. The van der Waals surface area contributed by atoms with Crippen LogP contribution >= 0.6 is 0 Å². The van der Waals surface area contributed by atoms with Gasteiger partial charge in [-0.05, 0) is 0 Å². The minimum absolute atomic E-state index is 0.101. The highest BCUT2D eigenvalue weighted by Gasteiger charge is 2.54. The molecule has 0 bridgehead atoms. The average Bonchev–Trinajstić information content (AvgIpc) is 2.59. The zero-order chi connectivity index (χ0) is 24.9. The first kappa shape index (κ1) is 31.1. The summed E-state index contributed by atoms with van der Waals surface area (Å²) in [5, 5.41) is 26.2. The molecule has 0 fully saturated rings. The second-order valence-corrected chi connectivity index (χ2v) is 6.29. The lowest BCUT2D eigenvalue weighted by Crippen LogP contribution is -2.42. The van der Waals surface area contributed by atoms with Gasteiger partial charge < -0.3 is 29.5 Å². The van der Waals surface area contributed by atoms with Crippen LogP contribution in [0.2, 0.25) is 0 Å². The molecule has 0 aliphatic rings. The summed E-state index contributed by atoms with van der Waals surface area (Å²) in [6.45, 7) is -3.98. The maximum Gasteiger partial charge on any atom is 0.368 e. The molecular weight excluding hydrogens is 472 g/mol. The Bertz CT molecular complexity index is 499. The number of halogens is 8. The fraction of sp³-hybridized carbons (Fsp3) is 1.00. The molecule has 0 saturated carbocycles. The number of hydrogen-bond acceptors (Lipinski definition) is 8. The monoisotopic (exact) mass is 498 g/mol. The highest BCUT2D eigenvalue weighted by atomic mass is 19.3. The molecule has 1 unspecified atom stereocenters. The number of hydrogen-bond donors (Lipinski definition) is 3. The molecule has 3 N–H and O–H groups in total. The Kier molecular flexibility index (Phi) is 14.0. The fourth-order valence-corrected chi connectivity index (χ4v) is 1.95. The van der Waals surface area contributed by atoms with Gasteiger partial charge in [0, 0.05) is 0 Å². The second-order valence-electron chi connectivity index (χ2n) is 6.29. The molecule has 0 saturated heterocycles. The topological polar surface area (TPSA) is 107 Å². The Morgan fingerprint density at radius 1 is 0.562 bits per heavy atom. The van der Waals surface area contributed by atoms with E-state index in [1.807, 2.05) is 0 Å². The highest BCUT2D eigenvalue weighted by molar-refractivity contribution is 4.68. The lowest BCUT2D eigenvalue weighted by Gasteiger charge is -2.28. The molecule has 32 heavy (non-hydrogen) atoms. The van der Waals surface area contributed by atoms with Crippen molar-refractivity contribution in [1.29, 1.82) is 0 Å². The van der Waals surface area contributed by atoms with Crippen LogP contribution in [0, 0.1) is 0 Å². The van der Waals surface area contributed by atoms with E-state index in [4.69, 9.17) is 14.9 Å². The zero-order valence-electron chi connectivity index (χ0n) is 16.8. The van der Waals surface area contributed by atoms with Gasteiger partial charge in [-0.2, -0.15) is 35.1 Å². The molecule has 0 amide bonds. The number of rotatable bonds is 20. The summed E-state index contributed by atoms with van der Waals surface area (Å²) in [6.07, 6.45) is -27.0.